The van der Waals surface area contributed by atoms with Crippen molar-refractivity contribution in [1.29, 1.82) is 0 Å². The van der Waals surface area contributed by atoms with Gasteiger partial charge in [-0.15, -0.1) is 11.3 Å². The number of carbonyl (C=O) groups is 2. The molecule has 33 heavy (non-hydrogen) atoms. The van der Waals surface area contributed by atoms with Crippen molar-refractivity contribution in [3.8, 4) is 0 Å². The number of hydrogen-bond donors (Lipinski definition) is 1. The number of hydrogen-bond acceptors (Lipinski definition) is 5. The van der Waals surface area contributed by atoms with E-state index >= 15 is 0 Å². The van der Waals surface area contributed by atoms with Crippen LogP contribution >= 0.6 is 11.3 Å². The lowest BCUT2D eigenvalue weighted by Crippen LogP contribution is -2.51. The van der Waals surface area contributed by atoms with E-state index in [2.05, 4.69) is 38.5 Å². The minimum absolute atomic E-state index is 0.0328. The highest BCUT2D eigenvalue weighted by Crippen LogP contribution is 2.47. The van der Waals surface area contributed by atoms with Crippen LogP contribution in [0.5, 0.6) is 0 Å². The summed E-state index contributed by atoms with van der Waals surface area (Å²) in [7, 11) is 2.15. The Labute approximate surface area is 200 Å². The van der Waals surface area contributed by atoms with Crippen molar-refractivity contribution >= 4 is 23.2 Å². The Morgan fingerprint density at radius 1 is 1.06 bits per heavy atom. The van der Waals surface area contributed by atoms with Crippen LogP contribution in [-0.4, -0.2) is 78.9 Å². The van der Waals surface area contributed by atoms with E-state index in [4.69, 9.17) is 0 Å². The first kappa shape index (κ1) is 22.6. The number of carbonyl (C=O) groups excluding carboxylic acids is 2. The van der Waals surface area contributed by atoms with E-state index in [9.17, 15) is 9.59 Å². The van der Waals surface area contributed by atoms with Gasteiger partial charge in [0.2, 0.25) is 5.91 Å². The predicted octanol–water partition coefficient (Wildman–Crippen LogP) is 3.34. The Morgan fingerprint density at radius 3 is 2.55 bits per heavy atom. The highest BCUT2D eigenvalue weighted by Gasteiger charge is 2.47. The smallest absolute Gasteiger partial charge is 0.254 e. The van der Waals surface area contributed by atoms with Gasteiger partial charge in [0.15, 0.2) is 0 Å². The molecule has 0 radical (unpaired) electrons. The van der Waals surface area contributed by atoms with Crippen LogP contribution in [0.15, 0.2) is 41.8 Å². The van der Waals surface area contributed by atoms with Crippen molar-refractivity contribution in [2.24, 2.45) is 0 Å². The molecule has 1 aliphatic carbocycles. The molecule has 2 aromatic rings. The summed E-state index contributed by atoms with van der Waals surface area (Å²) in [5.41, 5.74) is 1.56. The summed E-state index contributed by atoms with van der Waals surface area (Å²) >= 11 is 1.65. The second kappa shape index (κ2) is 9.95. The number of fused-ring (bicyclic) bond motifs is 1. The average Bonchev–Trinajstić information content (AvgIpc) is 3.55. The van der Waals surface area contributed by atoms with Gasteiger partial charge >= 0.3 is 0 Å². The summed E-state index contributed by atoms with van der Waals surface area (Å²) < 4.78 is 0. The molecule has 0 spiro atoms. The van der Waals surface area contributed by atoms with Crippen LogP contribution in [0.4, 0.5) is 0 Å². The van der Waals surface area contributed by atoms with Gasteiger partial charge in [-0.25, -0.2) is 0 Å². The number of amides is 2. The summed E-state index contributed by atoms with van der Waals surface area (Å²) in [6, 6.07) is 11.8. The van der Waals surface area contributed by atoms with Gasteiger partial charge in [0.1, 0.15) is 0 Å². The van der Waals surface area contributed by atoms with Crippen LogP contribution in [0, 0.1) is 0 Å². The number of benzene rings is 1. The minimum atomic E-state index is -0.384. The summed E-state index contributed by atoms with van der Waals surface area (Å²) in [5, 5.41) is 5.29. The lowest BCUT2D eigenvalue weighted by atomic mass is 9.80. The molecule has 1 saturated heterocycles. The fourth-order valence-electron chi connectivity index (χ4n) is 5.70. The second-order valence-corrected chi connectivity index (χ2v) is 10.6. The van der Waals surface area contributed by atoms with E-state index in [1.807, 2.05) is 30.3 Å². The minimum Gasteiger partial charge on any atom is -0.354 e. The zero-order chi connectivity index (χ0) is 22.8. The van der Waals surface area contributed by atoms with Crippen LogP contribution in [0.2, 0.25) is 0 Å². The Balaban J connectivity index is 1.42. The molecule has 1 aromatic carbocycles. The first-order valence-electron chi connectivity index (χ1n) is 12.3. The fourth-order valence-corrected chi connectivity index (χ4v) is 6.56. The van der Waals surface area contributed by atoms with Gasteiger partial charge in [0.05, 0.1) is 12.0 Å². The number of nitrogens with zero attached hydrogens (tertiary/aromatic N) is 3. The quantitative estimate of drug-likeness (QED) is 0.710. The molecular formula is C26H34N4O2S. The van der Waals surface area contributed by atoms with Gasteiger partial charge in [0, 0.05) is 55.8 Å². The summed E-state index contributed by atoms with van der Waals surface area (Å²) in [6.07, 6.45) is 4.34. The molecule has 0 bridgehead atoms. The molecule has 0 unspecified atom stereocenters. The summed E-state index contributed by atoms with van der Waals surface area (Å²) in [4.78, 5) is 35.4. The van der Waals surface area contributed by atoms with Crippen molar-refractivity contribution in [2.45, 2.75) is 43.7 Å². The van der Waals surface area contributed by atoms with Gasteiger partial charge in [-0.2, -0.15) is 0 Å². The fraction of sp³-hybridized carbons (Fsp3) is 0.538. The highest BCUT2D eigenvalue weighted by molar-refractivity contribution is 7.10. The lowest BCUT2D eigenvalue weighted by molar-refractivity contribution is -0.124. The van der Waals surface area contributed by atoms with Crippen LogP contribution in [0.1, 0.15) is 58.4 Å². The SMILES string of the molecule is CN1CCN(CCNC(=O)[C@@H]2c3ccccc3C(=O)N(C3CCCC3)[C@H]2c2cccs2)CC1. The van der Waals surface area contributed by atoms with Crippen LogP contribution in [0.25, 0.3) is 0 Å². The standard InChI is InChI=1S/C26H34N4O2S/c1-28-14-16-29(17-15-28)13-12-27-25(31)23-20-9-4-5-10-21(20)26(32)30(19-7-2-3-8-19)24(23)22-11-6-18-33-22/h4-6,9-11,18-19,23-24H,2-3,7-8,12-17H2,1H3,(H,27,31)/t23-,24+/m1/s1. The Hall–Kier alpha value is -2.22. The van der Waals surface area contributed by atoms with Gasteiger partial charge in [0.25, 0.3) is 5.91 Å². The molecule has 1 saturated carbocycles. The molecule has 2 atom stereocenters. The van der Waals surface area contributed by atoms with Gasteiger partial charge in [-0.05, 0) is 43.0 Å². The molecule has 5 rings (SSSR count). The molecule has 7 heteroatoms. The maximum atomic E-state index is 13.8. The van der Waals surface area contributed by atoms with Crippen molar-refractivity contribution in [3.05, 3.63) is 57.8 Å². The van der Waals surface area contributed by atoms with Crippen molar-refractivity contribution in [1.82, 2.24) is 20.0 Å². The predicted molar refractivity (Wildman–Crippen MR) is 132 cm³/mol. The van der Waals surface area contributed by atoms with E-state index in [1.165, 1.54) is 0 Å². The first-order valence-corrected chi connectivity index (χ1v) is 13.1. The van der Waals surface area contributed by atoms with Crippen LogP contribution < -0.4 is 5.32 Å². The lowest BCUT2D eigenvalue weighted by Gasteiger charge is -2.44. The maximum absolute atomic E-state index is 13.8. The normalized spacial score (nSPS) is 24.8. The third-order valence-corrected chi connectivity index (χ3v) is 8.48. The van der Waals surface area contributed by atoms with Crippen molar-refractivity contribution < 1.29 is 9.59 Å². The number of likely N-dealkylation sites (N-methyl/N-ethyl adjacent to an activating group) is 1. The van der Waals surface area contributed by atoms with E-state index in [0.29, 0.717) is 12.1 Å². The summed E-state index contributed by atoms with van der Waals surface area (Å²) in [6.45, 7) is 5.73. The monoisotopic (exact) mass is 466 g/mol. The second-order valence-electron chi connectivity index (χ2n) is 9.61. The third-order valence-electron chi connectivity index (χ3n) is 7.53. The molecule has 2 aliphatic heterocycles. The van der Waals surface area contributed by atoms with Gasteiger partial charge in [-0.1, -0.05) is 37.1 Å². The van der Waals surface area contributed by atoms with E-state index in [-0.39, 0.29) is 29.8 Å². The first-order chi connectivity index (χ1) is 16.1. The zero-order valence-electron chi connectivity index (χ0n) is 19.4. The maximum Gasteiger partial charge on any atom is 0.254 e. The van der Waals surface area contributed by atoms with Gasteiger partial charge in [-0.3, -0.25) is 14.5 Å². The Bertz CT molecular complexity index is 964. The molecule has 1 N–H and O–H groups in total. The Morgan fingerprint density at radius 2 is 1.82 bits per heavy atom. The summed E-state index contributed by atoms with van der Waals surface area (Å²) in [5.74, 6) is -0.270. The molecule has 3 aliphatic rings. The molecule has 2 fully saturated rings. The number of thiophene rings is 1. The third kappa shape index (κ3) is 4.59. The number of nitrogens with one attached hydrogen (secondary N) is 1. The molecule has 1 aromatic heterocycles. The highest BCUT2D eigenvalue weighted by atomic mass is 32.1. The zero-order valence-corrected chi connectivity index (χ0v) is 20.2. The van der Waals surface area contributed by atoms with Crippen LogP contribution in [0.3, 0.4) is 0 Å². The number of piperazine rings is 1. The van der Waals surface area contributed by atoms with Gasteiger partial charge < -0.3 is 15.1 Å². The van der Waals surface area contributed by atoms with Crippen molar-refractivity contribution in [3.63, 3.8) is 0 Å². The van der Waals surface area contributed by atoms with E-state index in [0.717, 1.165) is 68.8 Å². The van der Waals surface area contributed by atoms with E-state index in [1.54, 1.807) is 11.3 Å². The average molecular weight is 467 g/mol. The molecular weight excluding hydrogens is 432 g/mol. The molecule has 6 nitrogen and oxygen atoms in total. The Kier molecular flexibility index (Phi) is 6.81. The molecule has 176 valence electrons. The molecule has 2 amide bonds. The number of rotatable bonds is 6. The largest absolute Gasteiger partial charge is 0.354 e. The van der Waals surface area contributed by atoms with E-state index < -0.39 is 0 Å². The van der Waals surface area contributed by atoms with Crippen LogP contribution in [-0.2, 0) is 4.79 Å². The van der Waals surface area contributed by atoms with Crippen molar-refractivity contribution in [2.75, 3.05) is 46.3 Å². The molecule has 3 heterocycles. The topological polar surface area (TPSA) is 55.9 Å².